The number of ether oxygens (including phenoxy) is 1. The maximum atomic E-state index is 5.17. The number of hydrogen-bond acceptors (Lipinski definition) is 2. The molecule has 0 bridgehead atoms. The topological polar surface area (TPSA) is 21.3 Å². The molecule has 0 aromatic carbocycles. The van der Waals surface area contributed by atoms with Gasteiger partial charge in [0.15, 0.2) is 0 Å². The SMILES string of the molecule is CCNC(CC(C)COC)C(C)CC. The lowest BCUT2D eigenvalue weighted by Crippen LogP contribution is -2.36. The average molecular weight is 201 g/mol. The molecule has 3 atom stereocenters. The quantitative estimate of drug-likeness (QED) is 0.652. The lowest BCUT2D eigenvalue weighted by Gasteiger charge is -2.26. The van der Waals surface area contributed by atoms with Crippen molar-refractivity contribution in [1.82, 2.24) is 5.32 Å². The van der Waals surface area contributed by atoms with Gasteiger partial charge in [-0.05, 0) is 24.8 Å². The fourth-order valence-electron chi connectivity index (χ4n) is 1.85. The van der Waals surface area contributed by atoms with Gasteiger partial charge in [0.1, 0.15) is 0 Å². The molecule has 14 heavy (non-hydrogen) atoms. The lowest BCUT2D eigenvalue weighted by molar-refractivity contribution is 0.143. The first-order chi connectivity index (χ1) is 6.65. The second kappa shape index (κ2) is 8.25. The van der Waals surface area contributed by atoms with Crippen molar-refractivity contribution in [3.05, 3.63) is 0 Å². The van der Waals surface area contributed by atoms with E-state index in [-0.39, 0.29) is 0 Å². The maximum absolute atomic E-state index is 5.17. The molecule has 0 aliphatic rings. The molecule has 0 aliphatic carbocycles. The summed E-state index contributed by atoms with van der Waals surface area (Å²) in [5, 5.41) is 3.57. The fraction of sp³-hybridized carbons (Fsp3) is 1.00. The van der Waals surface area contributed by atoms with Crippen molar-refractivity contribution < 1.29 is 4.74 Å². The van der Waals surface area contributed by atoms with Gasteiger partial charge in [-0.1, -0.05) is 34.1 Å². The smallest absolute Gasteiger partial charge is 0.0488 e. The molecule has 0 aromatic rings. The zero-order valence-electron chi connectivity index (χ0n) is 10.5. The van der Waals surface area contributed by atoms with Crippen molar-refractivity contribution in [3.8, 4) is 0 Å². The van der Waals surface area contributed by atoms with Crippen LogP contribution in [0.15, 0.2) is 0 Å². The molecule has 0 heterocycles. The van der Waals surface area contributed by atoms with Gasteiger partial charge in [0, 0.05) is 19.8 Å². The highest BCUT2D eigenvalue weighted by molar-refractivity contribution is 4.74. The van der Waals surface area contributed by atoms with Crippen LogP contribution in [0.5, 0.6) is 0 Å². The Morgan fingerprint density at radius 3 is 2.29 bits per heavy atom. The minimum Gasteiger partial charge on any atom is -0.384 e. The molecule has 0 radical (unpaired) electrons. The third-order valence-electron chi connectivity index (χ3n) is 2.90. The molecular weight excluding hydrogens is 174 g/mol. The first kappa shape index (κ1) is 13.9. The van der Waals surface area contributed by atoms with Crippen molar-refractivity contribution in [2.75, 3.05) is 20.3 Å². The molecule has 0 aliphatic heterocycles. The average Bonchev–Trinajstić information content (AvgIpc) is 2.16. The first-order valence-electron chi connectivity index (χ1n) is 5.87. The molecule has 0 fully saturated rings. The second-order valence-electron chi connectivity index (χ2n) is 4.35. The molecule has 1 N–H and O–H groups in total. The summed E-state index contributed by atoms with van der Waals surface area (Å²) in [4.78, 5) is 0. The van der Waals surface area contributed by atoms with Crippen LogP contribution in [0.1, 0.15) is 40.5 Å². The van der Waals surface area contributed by atoms with Crippen LogP contribution < -0.4 is 5.32 Å². The van der Waals surface area contributed by atoms with Crippen LogP contribution in [0.2, 0.25) is 0 Å². The van der Waals surface area contributed by atoms with Crippen LogP contribution in [0, 0.1) is 11.8 Å². The van der Waals surface area contributed by atoms with Crippen LogP contribution >= 0.6 is 0 Å². The van der Waals surface area contributed by atoms with Crippen molar-refractivity contribution in [3.63, 3.8) is 0 Å². The summed E-state index contributed by atoms with van der Waals surface area (Å²) in [5.74, 6) is 1.41. The third kappa shape index (κ3) is 5.61. The maximum Gasteiger partial charge on any atom is 0.0488 e. The van der Waals surface area contributed by atoms with Gasteiger partial charge in [0.2, 0.25) is 0 Å². The largest absolute Gasteiger partial charge is 0.384 e. The highest BCUT2D eigenvalue weighted by Crippen LogP contribution is 2.16. The normalized spacial score (nSPS) is 17.8. The van der Waals surface area contributed by atoms with E-state index in [2.05, 4.69) is 33.0 Å². The summed E-state index contributed by atoms with van der Waals surface area (Å²) in [6, 6.07) is 0.648. The number of methoxy groups -OCH3 is 1. The van der Waals surface area contributed by atoms with Crippen LogP contribution in [-0.2, 0) is 4.74 Å². The predicted molar refractivity (Wildman–Crippen MR) is 62.6 cm³/mol. The minimum atomic E-state index is 0.648. The highest BCUT2D eigenvalue weighted by atomic mass is 16.5. The van der Waals surface area contributed by atoms with Gasteiger partial charge in [-0.2, -0.15) is 0 Å². The Kier molecular flexibility index (Phi) is 8.20. The van der Waals surface area contributed by atoms with Crippen molar-refractivity contribution in [2.24, 2.45) is 11.8 Å². The summed E-state index contributed by atoms with van der Waals surface area (Å²) in [5.41, 5.74) is 0. The lowest BCUT2D eigenvalue weighted by atomic mass is 9.91. The van der Waals surface area contributed by atoms with E-state index in [1.807, 2.05) is 0 Å². The Morgan fingerprint density at radius 1 is 1.21 bits per heavy atom. The zero-order chi connectivity index (χ0) is 11.0. The van der Waals surface area contributed by atoms with Crippen LogP contribution in [0.25, 0.3) is 0 Å². The van der Waals surface area contributed by atoms with E-state index >= 15 is 0 Å². The van der Waals surface area contributed by atoms with Crippen molar-refractivity contribution in [2.45, 2.75) is 46.6 Å². The standard InChI is InChI=1S/C12H27NO/c1-6-11(4)12(13-7-2)8-10(3)9-14-5/h10-13H,6-9H2,1-5H3. The molecule has 0 amide bonds. The van der Waals surface area contributed by atoms with E-state index in [4.69, 9.17) is 4.74 Å². The highest BCUT2D eigenvalue weighted by Gasteiger charge is 2.17. The van der Waals surface area contributed by atoms with Crippen LogP contribution in [-0.4, -0.2) is 26.3 Å². The molecule has 0 saturated heterocycles. The van der Waals surface area contributed by atoms with E-state index in [0.717, 1.165) is 19.1 Å². The molecular formula is C12H27NO. The number of nitrogens with one attached hydrogen (secondary N) is 1. The van der Waals surface area contributed by atoms with Crippen LogP contribution in [0.3, 0.4) is 0 Å². The molecule has 2 heteroatoms. The molecule has 0 aromatic heterocycles. The summed E-state index contributed by atoms with van der Waals surface area (Å²) in [6.07, 6.45) is 2.47. The van der Waals surface area contributed by atoms with Gasteiger partial charge in [-0.15, -0.1) is 0 Å². The van der Waals surface area contributed by atoms with Gasteiger partial charge >= 0.3 is 0 Å². The Labute approximate surface area is 89.4 Å². The molecule has 0 spiro atoms. The Balaban J connectivity index is 3.94. The van der Waals surface area contributed by atoms with E-state index in [0.29, 0.717) is 12.0 Å². The van der Waals surface area contributed by atoms with Gasteiger partial charge in [0.05, 0.1) is 0 Å². The van der Waals surface area contributed by atoms with E-state index in [1.165, 1.54) is 12.8 Å². The van der Waals surface area contributed by atoms with Gasteiger partial charge in [-0.25, -0.2) is 0 Å². The number of hydrogen-bond donors (Lipinski definition) is 1. The first-order valence-corrected chi connectivity index (χ1v) is 5.87. The Bertz CT molecular complexity index is 127. The second-order valence-corrected chi connectivity index (χ2v) is 4.35. The number of rotatable bonds is 8. The fourth-order valence-corrected chi connectivity index (χ4v) is 1.85. The van der Waals surface area contributed by atoms with Gasteiger partial charge in [0.25, 0.3) is 0 Å². The van der Waals surface area contributed by atoms with Crippen molar-refractivity contribution in [1.29, 1.82) is 0 Å². The summed E-state index contributed by atoms with van der Waals surface area (Å²) in [6.45, 7) is 11.0. The Morgan fingerprint density at radius 2 is 1.86 bits per heavy atom. The van der Waals surface area contributed by atoms with Gasteiger partial charge in [-0.3, -0.25) is 0 Å². The summed E-state index contributed by atoms with van der Waals surface area (Å²) in [7, 11) is 1.78. The van der Waals surface area contributed by atoms with Crippen molar-refractivity contribution >= 4 is 0 Å². The Hall–Kier alpha value is -0.0800. The summed E-state index contributed by atoms with van der Waals surface area (Å²) < 4.78 is 5.17. The predicted octanol–water partition coefficient (Wildman–Crippen LogP) is 2.68. The van der Waals surface area contributed by atoms with E-state index in [9.17, 15) is 0 Å². The zero-order valence-corrected chi connectivity index (χ0v) is 10.5. The minimum absolute atomic E-state index is 0.648. The molecule has 0 rings (SSSR count). The van der Waals surface area contributed by atoms with Crippen LogP contribution in [0.4, 0.5) is 0 Å². The molecule has 86 valence electrons. The molecule has 0 saturated carbocycles. The van der Waals surface area contributed by atoms with E-state index < -0.39 is 0 Å². The third-order valence-corrected chi connectivity index (χ3v) is 2.90. The summed E-state index contributed by atoms with van der Waals surface area (Å²) >= 11 is 0. The monoisotopic (exact) mass is 201 g/mol. The molecule has 2 nitrogen and oxygen atoms in total. The van der Waals surface area contributed by atoms with Gasteiger partial charge < -0.3 is 10.1 Å². The molecule has 3 unspecified atom stereocenters. The van der Waals surface area contributed by atoms with E-state index in [1.54, 1.807) is 7.11 Å².